The summed E-state index contributed by atoms with van der Waals surface area (Å²) >= 11 is 1.11. The summed E-state index contributed by atoms with van der Waals surface area (Å²) in [7, 11) is 0. The number of nitrogens with zero attached hydrogens (tertiary/aromatic N) is 3. The fourth-order valence-electron chi connectivity index (χ4n) is 2.04. The van der Waals surface area contributed by atoms with Crippen LogP contribution in [0.2, 0.25) is 0 Å². The van der Waals surface area contributed by atoms with Gasteiger partial charge in [0.1, 0.15) is 28.5 Å². The number of benzene rings is 1. The minimum atomic E-state index is -0.626. The molecule has 1 amide bonds. The van der Waals surface area contributed by atoms with Crippen molar-refractivity contribution in [2.24, 2.45) is 0 Å². The minimum absolute atomic E-state index is 0.0652. The van der Waals surface area contributed by atoms with Crippen molar-refractivity contribution in [2.75, 3.05) is 5.73 Å². The Labute approximate surface area is 142 Å². The van der Waals surface area contributed by atoms with Crippen LogP contribution in [0.5, 0.6) is 0 Å². The SMILES string of the molecule is N#Cc1cnc(S[C@H](C(=O)NC2CC2)c2ccc(F)cc2)nc1N. The minimum Gasteiger partial charge on any atom is -0.382 e. The Hall–Kier alpha value is -2.66. The number of nitriles is 1. The lowest BCUT2D eigenvalue weighted by Crippen LogP contribution is -2.29. The normalized spacial score (nSPS) is 14.7. The zero-order chi connectivity index (χ0) is 17.1. The van der Waals surface area contributed by atoms with Gasteiger partial charge in [0.05, 0.1) is 6.20 Å². The van der Waals surface area contributed by atoms with Gasteiger partial charge >= 0.3 is 0 Å². The van der Waals surface area contributed by atoms with Crippen molar-refractivity contribution in [1.29, 1.82) is 5.26 Å². The van der Waals surface area contributed by atoms with E-state index in [0.29, 0.717) is 5.56 Å². The van der Waals surface area contributed by atoms with Gasteiger partial charge in [-0.3, -0.25) is 4.79 Å². The number of aromatic nitrogens is 2. The van der Waals surface area contributed by atoms with Gasteiger partial charge in [-0.05, 0) is 30.5 Å². The molecule has 1 aromatic heterocycles. The predicted molar refractivity (Wildman–Crippen MR) is 87.3 cm³/mol. The van der Waals surface area contributed by atoms with Gasteiger partial charge in [-0.15, -0.1) is 0 Å². The molecule has 8 heteroatoms. The zero-order valence-corrected chi connectivity index (χ0v) is 13.4. The highest BCUT2D eigenvalue weighted by Crippen LogP contribution is 2.35. The molecule has 2 aromatic rings. The van der Waals surface area contributed by atoms with Crippen molar-refractivity contribution in [1.82, 2.24) is 15.3 Å². The Morgan fingerprint density at radius 2 is 2.12 bits per heavy atom. The molecule has 3 N–H and O–H groups in total. The molecule has 0 radical (unpaired) electrons. The molecule has 1 heterocycles. The Morgan fingerprint density at radius 1 is 1.42 bits per heavy atom. The van der Waals surface area contributed by atoms with Gasteiger partial charge in [0.15, 0.2) is 5.16 Å². The zero-order valence-electron chi connectivity index (χ0n) is 12.6. The number of carbonyl (C=O) groups excluding carboxylic acids is 1. The van der Waals surface area contributed by atoms with Gasteiger partial charge < -0.3 is 11.1 Å². The molecule has 122 valence electrons. The molecule has 0 aliphatic heterocycles. The first-order valence-electron chi connectivity index (χ1n) is 7.32. The van der Waals surface area contributed by atoms with Crippen LogP contribution in [0.15, 0.2) is 35.6 Å². The molecule has 0 saturated heterocycles. The molecule has 1 fully saturated rings. The van der Waals surface area contributed by atoms with Crippen molar-refractivity contribution in [3.8, 4) is 6.07 Å². The second-order valence-electron chi connectivity index (χ2n) is 5.40. The first-order valence-corrected chi connectivity index (χ1v) is 8.20. The van der Waals surface area contributed by atoms with E-state index in [1.807, 2.05) is 6.07 Å². The summed E-state index contributed by atoms with van der Waals surface area (Å²) in [6, 6.07) is 7.83. The lowest BCUT2D eigenvalue weighted by atomic mass is 10.1. The fourth-order valence-corrected chi connectivity index (χ4v) is 2.99. The molecule has 1 aromatic carbocycles. The molecule has 6 nitrogen and oxygen atoms in total. The fraction of sp³-hybridized carbons (Fsp3) is 0.250. The summed E-state index contributed by atoms with van der Waals surface area (Å²) in [6.45, 7) is 0. The Bertz CT molecular complexity index is 801. The van der Waals surface area contributed by atoms with E-state index in [1.54, 1.807) is 12.1 Å². The number of thioether (sulfide) groups is 1. The average molecular weight is 343 g/mol. The van der Waals surface area contributed by atoms with E-state index in [9.17, 15) is 9.18 Å². The van der Waals surface area contributed by atoms with Crippen molar-refractivity contribution in [2.45, 2.75) is 29.3 Å². The lowest BCUT2D eigenvalue weighted by Gasteiger charge is -2.16. The largest absolute Gasteiger partial charge is 0.382 e. The number of anilines is 1. The third kappa shape index (κ3) is 3.81. The molecule has 0 unspecified atom stereocenters. The predicted octanol–water partition coefficient (Wildman–Crippen LogP) is 2.18. The number of nitrogens with one attached hydrogen (secondary N) is 1. The summed E-state index contributed by atoms with van der Waals surface area (Å²) in [6.07, 6.45) is 3.25. The van der Waals surface area contributed by atoms with E-state index in [2.05, 4.69) is 15.3 Å². The number of nitrogens with two attached hydrogens (primary N) is 1. The van der Waals surface area contributed by atoms with Gasteiger partial charge in [-0.25, -0.2) is 14.4 Å². The van der Waals surface area contributed by atoms with Crippen LogP contribution in [0.3, 0.4) is 0 Å². The van der Waals surface area contributed by atoms with E-state index in [0.717, 1.165) is 24.6 Å². The highest BCUT2D eigenvalue weighted by molar-refractivity contribution is 8.00. The molecule has 0 bridgehead atoms. The highest BCUT2D eigenvalue weighted by atomic mass is 32.2. The van der Waals surface area contributed by atoms with E-state index >= 15 is 0 Å². The molecule has 3 rings (SSSR count). The van der Waals surface area contributed by atoms with Crippen molar-refractivity contribution in [3.05, 3.63) is 47.4 Å². The number of nitrogen functional groups attached to an aromatic ring is 1. The quantitative estimate of drug-likeness (QED) is 0.637. The first kappa shape index (κ1) is 16.2. The molecular weight excluding hydrogens is 329 g/mol. The molecule has 1 saturated carbocycles. The van der Waals surface area contributed by atoms with Crippen LogP contribution in [0.4, 0.5) is 10.2 Å². The average Bonchev–Trinajstić information content (AvgIpc) is 3.37. The van der Waals surface area contributed by atoms with Crippen molar-refractivity contribution in [3.63, 3.8) is 0 Å². The second-order valence-corrected chi connectivity index (χ2v) is 6.47. The number of hydrogen-bond acceptors (Lipinski definition) is 6. The van der Waals surface area contributed by atoms with E-state index in [4.69, 9.17) is 11.0 Å². The summed E-state index contributed by atoms with van der Waals surface area (Å²) in [5, 5.41) is 11.5. The van der Waals surface area contributed by atoms with E-state index < -0.39 is 5.25 Å². The maximum atomic E-state index is 13.2. The molecule has 0 spiro atoms. The molecule has 1 aliphatic rings. The summed E-state index contributed by atoms with van der Waals surface area (Å²) in [5.74, 6) is -0.486. The van der Waals surface area contributed by atoms with Crippen LogP contribution < -0.4 is 11.1 Å². The number of halogens is 1. The van der Waals surface area contributed by atoms with Crippen LogP contribution in [0.1, 0.15) is 29.2 Å². The topological polar surface area (TPSA) is 105 Å². The molecule has 24 heavy (non-hydrogen) atoms. The maximum absolute atomic E-state index is 13.2. The number of carbonyl (C=O) groups is 1. The van der Waals surface area contributed by atoms with Gasteiger partial charge in [0.2, 0.25) is 5.91 Å². The summed E-state index contributed by atoms with van der Waals surface area (Å²) < 4.78 is 13.2. The Morgan fingerprint density at radius 3 is 2.71 bits per heavy atom. The smallest absolute Gasteiger partial charge is 0.238 e. The van der Waals surface area contributed by atoms with Crippen LogP contribution in [0.25, 0.3) is 0 Å². The van der Waals surface area contributed by atoms with Crippen molar-refractivity contribution < 1.29 is 9.18 Å². The Balaban J connectivity index is 1.86. The van der Waals surface area contributed by atoms with E-state index in [-0.39, 0.29) is 34.3 Å². The van der Waals surface area contributed by atoms with Gasteiger partial charge in [0.25, 0.3) is 0 Å². The Kier molecular flexibility index (Phi) is 4.62. The van der Waals surface area contributed by atoms with Crippen LogP contribution in [0, 0.1) is 17.1 Å². The van der Waals surface area contributed by atoms with Crippen LogP contribution in [-0.4, -0.2) is 21.9 Å². The molecular formula is C16H14FN5OS. The maximum Gasteiger partial charge on any atom is 0.238 e. The number of amides is 1. The van der Waals surface area contributed by atoms with Gasteiger partial charge in [-0.2, -0.15) is 5.26 Å². The monoisotopic (exact) mass is 343 g/mol. The standard InChI is InChI=1S/C16H14FN5OS/c17-11-3-1-9(2-4-11)13(15(23)21-12-5-6-12)24-16-20-8-10(7-18)14(19)22-16/h1-4,8,12-13H,5-6H2,(H,21,23)(H2,19,20,22)/t13-/m0/s1. The summed E-state index contributed by atoms with van der Waals surface area (Å²) in [4.78, 5) is 20.6. The number of hydrogen-bond donors (Lipinski definition) is 2. The third-order valence-corrected chi connectivity index (χ3v) is 4.60. The van der Waals surface area contributed by atoms with Crippen molar-refractivity contribution >= 4 is 23.5 Å². The van der Waals surface area contributed by atoms with Crippen LogP contribution in [-0.2, 0) is 4.79 Å². The van der Waals surface area contributed by atoms with Gasteiger partial charge in [-0.1, -0.05) is 23.9 Å². The van der Waals surface area contributed by atoms with Crippen LogP contribution >= 0.6 is 11.8 Å². The third-order valence-electron chi connectivity index (χ3n) is 3.47. The second kappa shape index (κ2) is 6.84. The molecule has 1 aliphatic carbocycles. The van der Waals surface area contributed by atoms with E-state index in [1.165, 1.54) is 18.3 Å². The lowest BCUT2D eigenvalue weighted by molar-refractivity contribution is -0.120. The molecule has 1 atom stereocenters. The summed E-state index contributed by atoms with van der Waals surface area (Å²) in [5.41, 5.74) is 6.52. The number of rotatable bonds is 5. The first-order chi connectivity index (χ1) is 11.6. The highest BCUT2D eigenvalue weighted by Gasteiger charge is 2.29. The van der Waals surface area contributed by atoms with Gasteiger partial charge in [0, 0.05) is 6.04 Å².